The Kier molecular flexibility index (Phi) is 6.17. The second kappa shape index (κ2) is 9.31. The quantitative estimate of drug-likeness (QED) is 0.424. The zero-order valence-electron chi connectivity index (χ0n) is 20.4. The van der Waals surface area contributed by atoms with Gasteiger partial charge in [-0.2, -0.15) is 4.98 Å². The Labute approximate surface area is 212 Å². The third-order valence-electron chi connectivity index (χ3n) is 6.71. The maximum atomic E-state index is 13.2. The molecule has 1 aliphatic heterocycles. The highest BCUT2D eigenvalue weighted by Crippen LogP contribution is 2.23. The average Bonchev–Trinajstić information content (AvgIpc) is 3.26. The van der Waals surface area contributed by atoms with Crippen molar-refractivity contribution in [2.24, 2.45) is 14.1 Å². The number of nitrogens with zero attached hydrogens (tertiary/aromatic N) is 6. The van der Waals surface area contributed by atoms with Crippen molar-refractivity contribution in [3.8, 4) is 0 Å². The fourth-order valence-electron chi connectivity index (χ4n) is 4.62. The highest BCUT2D eigenvalue weighted by atomic mass is 35.5. The molecule has 0 aliphatic carbocycles. The minimum atomic E-state index is -0.420. The van der Waals surface area contributed by atoms with E-state index in [4.69, 9.17) is 16.6 Å². The lowest BCUT2D eigenvalue weighted by atomic mass is 10.1. The van der Waals surface area contributed by atoms with Gasteiger partial charge in [0.2, 0.25) is 5.95 Å². The summed E-state index contributed by atoms with van der Waals surface area (Å²) in [4.78, 5) is 47.4. The molecule has 0 saturated carbocycles. The van der Waals surface area contributed by atoms with Crippen LogP contribution in [-0.4, -0.2) is 55.7 Å². The molecule has 1 fully saturated rings. The third kappa shape index (κ3) is 4.19. The molecule has 1 amide bonds. The van der Waals surface area contributed by atoms with E-state index in [1.165, 1.54) is 11.6 Å². The second-order valence-electron chi connectivity index (χ2n) is 9.15. The molecule has 5 rings (SSSR count). The highest BCUT2D eigenvalue weighted by molar-refractivity contribution is 6.30. The Morgan fingerprint density at radius 3 is 2.33 bits per heavy atom. The van der Waals surface area contributed by atoms with Crippen LogP contribution in [0.5, 0.6) is 0 Å². The number of imidazole rings is 1. The molecule has 0 unspecified atom stereocenters. The predicted molar refractivity (Wildman–Crippen MR) is 140 cm³/mol. The molecule has 0 N–H and O–H groups in total. The molecule has 9 nitrogen and oxygen atoms in total. The van der Waals surface area contributed by atoms with Crippen LogP contribution in [0, 0.1) is 6.92 Å². The molecular weight excluding hydrogens is 480 g/mol. The van der Waals surface area contributed by atoms with Crippen molar-refractivity contribution in [1.29, 1.82) is 0 Å². The molecule has 2 aromatic carbocycles. The number of hydrogen-bond acceptors (Lipinski definition) is 5. The van der Waals surface area contributed by atoms with Gasteiger partial charge < -0.3 is 9.80 Å². The van der Waals surface area contributed by atoms with Crippen LogP contribution < -0.4 is 16.1 Å². The molecule has 10 heteroatoms. The van der Waals surface area contributed by atoms with Crippen molar-refractivity contribution in [3.63, 3.8) is 0 Å². The van der Waals surface area contributed by atoms with E-state index >= 15 is 0 Å². The smallest absolute Gasteiger partial charge is 0.332 e. The van der Waals surface area contributed by atoms with Crippen LogP contribution in [0.15, 0.2) is 58.1 Å². The van der Waals surface area contributed by atoms with Crippen LogP contribution in [-0.2, 0) is 20.6 Å². The van der Waals surface area contributed by atoms with Gasteiger partial charge in [0.05, 0.1) is 6.54 Å². The first kappa shape index (κ1) is 23.9. The minimum Gasteiger partial charge on any atom is -0.339 e. The summed E-state index contributed by atoms with van der Waals surface area (Å²) in [6, 6.07) is 15.1. The topological polar surface area (TPSA) is 85.4 Å². The predicted octanol–water partition coefficient (Wildman–Crippen LogP) is 2.41. The molecule has 0 radical (unpaired) electrons. The number of halogens is 1. The Balaban J connectivity index is 1.51. The van der Waals surface area contributed by atoms with Crippen molar-refractivity contribution in [3.05, 3.63) is 91.1 Å². The van der Waals surface area contributed by atoms with Crippen molar-refractivity contribution in [2.75, 3.05) is 31.1 Å². The number of carbonyl (C=O) groups excluding carboxylic acids is 1. The Morgan fingerprint density at radius 1 is 0.972 bits per heavy atom. The number of hydrogen-bond donors (Lipinski definition) is 0. The molecule has 186 valence electrons. The number of aromatic nitrogens is 4. The summed E-state index contributed by atoms with van der Waals surface area (Å²) in [6.45, 7) is 4.53. The average molecular weight is 507 g/mol. The van der Waals surface area contributed by atoms with E-state index in [0.29, 0.717) is 60.4 Å². The molecule has 3 heterocycles. The molecule has 0 bridgehead atoms. The van der Waals surface area contributed by atoms with Crippen LogP contribution in [0.1, 0.15) is 21.5 Å². The van der Waals surface area contributed by atoms with Crippen molar-refractivity contribution < 1.29 is 4.79 Å². The van der Waals surface area contributed by atoms with E-state index in [0.717, 1.165) is 15.7 Å². The first-order valence-electron chi connectivity index (χ1n) is 11.8. The number of aryl methyl sites for hydroxylation is 2. The summed E-state index contributed by atoms with van der Waals surface area (Å²) >= 11 is 6.07. The molecule has 0 spiro atoms. The van der Waals surface area contributed by atoms with E-state index in [2.05, 4.69) is 4.90 Å². The SMILES string of the molecule is Cc1ccc(Cn2c(N3CCN(C(=O)c4cccc(Cl)c4)CC3)nc3c2c(=O)n(C)c(=O)n3C)cc1. The van der Waals surface area contributed by atoms with Crippen LogP contribution in [0.25, 0.3) is 11.2 Å². The normalized spacial score (nSPS) is 14.0. The van der Waals surface area contributed by atoms with Gasteiger partial charge in [0.1, 0.15) is 0 Å². The zero-order valence-corrected chi connectivity index (χ0v) is 21.2. The lowest BCUT2D eigenvalue weighted by Gasteiger charge is -2.35. The molecule has 1 saturated heterocycles. The highest BCUT2D eigenvalue weighted by Gasteiger charge is 2.27. The fraction of sp³-hybridized carbons (Fsp3) is 0.308. The Hall–Kier alpha value is -3.85. The summed E-state index contributed by atoms with van der Waals surface area (Å²) in [5.74, 6) is 0.542. The minimum absolute atomic E-state index is 0.0680. The van der Waals surface area contributed by atoms with Crippen molar-refractivity contribution in [2.45, 2.75) is 13.5 Å². The summed E-state index contributed by atoms with van der Waals surface area (Å²) in [5, 5.41) is 0.525. The second-order valence-corrected chi connectivity index (χ2v) is 9.59. The largest absolute Gasteiger partial charge is 0.339 e. The molecule has 1 aliphatic rings. The lowest BCUT2D eigenvalue weighted by Crippen LogP contribution is -2.49. The standard InChI is InChI=1S/C26H27ClN6O3/c1-17-7-9-18(10-8-17)16-33-21-22(29(2)26(36)30(3)24(21)35)28-25(33)32-13-11-31(12-14-32)23(34)19-5-4-6-20(27)15-19/h4-10,15H,11-14,16H2,1-3H3. The first-order valence-corrected chi connectivity index (χ1v) is 12.1. The van der Waals surface area contributed by atoms with Gasteiger partial charge in [-0.1, -0.05) is 47.5 Å². The summed E-state index contributed by atoms with van der Waals surface area (Å²) in [7, 11) is 3.10. The molecule has 36 heavy (non-hydrogen) atoms. The summed E-state index contributed by atoms with van der Waals surface area (Å²) in [5.41, 5.74) is 2.65. The van der Waals surface area contributed by atoms with Crippen LogP contribution in [0.3, 0.4) is 0 Å². The molecule has 0 atom stereocenters. The first-order chi connectivity index (χ1) is 17.2. The molecular formula is C26H27ClN6O3. The zero-order chi connectivity index (χ0) is 25.6. The van der Waals surface area contributed by atoms with Crippen LogP contribution in [0.4, 0.5) is 5.95 Å². The Morgan fingerprint density at radius 2 is 1.67 bits per heavy atom. The van der Waals surface area contributed by atoms with Gasteiger partial charge in [-0.3, -0.25) is 23.3 Å². The van der Waals surface area contributed by atoms with Gasteiger partial charge in [-0.05, 0) is 30.7 Å². The summed E-state index contributed by atoms with van der Waals surface area (Å²) < 4.78 is 4.40. The number of rotatable bonds is 4. The Bertz CT molecular complexity index is 1580. The number of anilines is 1. The van der Waals surface area contributed by atoms with E-state index < -0.39 is 5.69 Å². The van der Waals surface area contributed by atoms with Gasteiger partial charge in [0.25, 0.3) is 11.5 Å². The van der Waals surface area contributed by atoms with Gasteiger partial charge in [0.15, 0.2) is 11.2 Å². The number of carbonyl (C=O) groups is 1. The molecule has 2 aromatic heterocycles. The van der Waals surface area contributed by atoms with Crippen molar-refractivity contribution >= 4 is 34.6 Å². The number of benzene rings is 2. The maximum Gasteiger partial charge on any atom is 0.332 e. The van der Waals surface area contributed by atoms with E-state index in [1.54, 1.807) is 36.2 Å². The third-order valence-corrected chi connectivity index (χ3v) is 6.95. The maximum absolute atomic E-state index is 13.2. The monoisotopic (exact) mass is 506 g/mol. The van der Waals surface area contributed by atoms with Crippen LogP contribution in [0.2, 0.25) is 5.02 Å². The van der Waals surface area contributed by atoms with Gasteiger partial charge in [0, 0.05) is 50.9 Å². The summed E-state index contributed by atoms with van der Waals surface area (Å²) in [6.07, 6.45) is 0. The van der Waals surface area contributed by atoms with Gasteiger partial charge in [-0.25, -0.2) is 4.79 Å². The van der Waals surface area contributed by atoms with E-state index in [-0.39, 0.29) is 11.5 Å². The lowest BCUT2D eigenvalue weighted by molar-refractivity contribution is 0.0746. The van der Waals surface area contributed by atoms with Gasteiger partial charge in [-0.15, -0.1) is 0 Å². The fourth-order valence-corrected chi connectivity index (χ4v) is 4.81. The molecule has 4 aromatic rings. The van der Waals surface area contributed by atoms with E-state index in [1.807, 2.05) is 35.8 Å². The number of piperazine rings is 1. The van der Waals surface area contributed by atoms with Gasteiger partial charge >= 0.3 is 5.69 Å². The van der Waals surface area contributed by atoms with E-state index in [9.17, 15) is 14.4 Å². The van der Waals surface area contributed by atoms with Crippen LogP contribution >= 0.6 is 11.6 Å². The van der Waals surface area contributed by atoms with Crippen molar-refractivity contribution in [1.82, 2.24) is 23.6 Å². The number of amides is 1. The number of fused-ring (bicyclic) bond motifs is 1.